The number of ketones is 2. The zero-order valence-corrected chi connectivity index (χ0v) is 23.4. The monoisotopic (exact) mass is 490 g/mol. The van der Waals surface area contributed by atoms with E-state index >= 15 is 4.39 Å². The van der Waals surface area contributed by atoms with Gasteiger partial charge in [-0.2, -0.15) is 0 Å². The molecule has 4 rings (SSSR count). The molecule has 0 saturated heterocycles. The maximum absolute atomic E-state index is 15.8. The van der Waals surface area contributed by atoms with Gasteiger partial charge in [-0.3, -0.25) is 9.59 Å². The summed E-state index contributed by atoms with van der Waals surface area (Å²) in [5, 5.41) is 0.237. The SMILES string of the molecule is CC(C)(C)[Si](C)(C)OCCCCCC1CC2=CC(=O)CC[C@@H]2[C@H]2C(F)C[C@]3(C)C(=O)CC[C@H]3[C@H]12. The normalized spacial score (nSPS) is 38.3. The van der Waals surface area contributed by atoms with Gasteiger partial charge in [-0.1, -0.05) is 46.1 Å². The molecule has 7 atom stereocenters. The first kappa shape index (κ1) is 26.3. The van der Waals surface area contributed by atoms with Crippen LogP contribution in [0.25, 0.3) is 0 Å². The van der Waals surface area contributed by atoms with Gasteiger partial charge in [0.05, 0.1) is 0 Å². The van der Waals surface area contributed by atoms with Crippen LogP contribution in [0.5, 0.6) is 0 Å². The number of unbranched alkanes of at least 4 members (excludes halogenated alkanes) is 2. The van der Waals surface area contributed by atoms with Crippen LogP contribution in [0.4, 0.5) is 4.39 Å². The minimum Gasteiger partial charge on any atom is -0.417 e. The highest BCUT2D eigenvalue weighted by Gasteiger charge is 2.61. The van der Waals surface area contributed by atoms with Crippen LogP contribution in [0, 0.1) is 35.0 Å². The summed E-state index contributed by atoms with van der Waals surface area (Å²) in [6.45, 7) is 14.3. The summed E-state index contributed by atoms with van der Waals surface area (Å²) in [5.41, 5.74) is 0.751. The van der Waals surface area contributed by atoms with E-state index in [2.05, 4.69) is 40.8 Å². The number of carbonyl (C=O) groups is 2. The van der Waals surface area contributed by atoms with Crippen molar-refractivity contribution in [3.05, 3.63) is 11.6 Å². The van der Waals surface area contributed by atoms with Crippen LogP contribution in [0.1, 0.15) is 91.9 Å². The molecule has 5 heteroatoms. The molecule has 0 spiro atoms. The predicted molar refractivity (Wildman–Crippen MR) is 138 cm³/mol. The molecule has 0 aromatic carbocycles. The highest BCUT2D eigenvalue weighted by atomic mass is 28.4. The lowest BCUT2D eigenvalue weighted by Gasteiger charge is -2.56. The largest absolute Gasteiger partial charge is 0.417 e. The van der Waals surface area contributed by atoms with E-state index in [0.717, 1.165) is 51.6 Å². The lowest BCUT2D eigenvalue weighted by Crippen LogP contribution is -2.54. The van der Waals surface area contributed by atoms with E-state index < -0.39 is 19.9 Å². The molecule has 3 nitrogen and oxygen atoms in total. The number of rotatable bonds is 7. The predicted octanol–water partition coefficient (Wildman–Crippen LogP) is 7.45. The van der Waals surface area contributed by atoms with Gasteiger partial charge in [-0.25, -0.2) is 4.39 Å². The minimum atomic E-state index is -1.70. The smallest absolute Gasteiger partial charge is 0.191 e. The van der Waals surface area contributed by atoms with Gasteiger partial charge in [0.15, 0.2) is 14.1 Å². The van der Waals surface area contributed by atoms with Crippen LogP contribution in [-0.2, 0) is 14.0 Å². The third kappa shape index (κ3) is 4.77. The molecule has 0 N–H and O–H groups in total. The molecule has 0 aromatic heterocycles. The Balaban J connectivity index is 1.43. The number of halogens is 1. The third-order valence-electron chi connectivity index (χ3n) is 10.6. The standard InChI is InChI=1S/C29H47FO3Si/c1-28(2,3)34(5,6)33-15-9-7-8-10-19-16-20-17-21(31)11-12-22(20)27-24(30)18-29(4)23(26(19)27)13-14-25(29)32/h17,19,22-24,26-27H,7-16,18H2,1-6H3/t19?,22-,23-,24?,26-,27-,29-/m0/s1. The van der Waals surface area contributed by atoms with Gasteiger partial charge in [-0.15, -0.1) is 0 Å². The second kappa shape index (κ2) is 9.57. The number of carbonyl (C=O) groups excluding carboxylic acids is 2. The number of allylic oxidation sites excluding steroid dienone is 1. The summed E-state index contributed by atoms with van der Waals surface area (Å²) in [7, 11) is -1.70. The summed E-state index contributed by atoms with van der Waals surface area (Å²) < 4.78 is 22.2. The van der Waals surface area contributed by atoms with Crippen LogP contribution in [0.3, 0.4) is 0 Å². The summed E-state index contributed by atoms with van der Waals surface area (Å²) >= 11 is 0. The van der Waals surface area contributed by atoms with Crippen molar-refractivity contribution in [1.82, 2.24) is 0 Å². The molecule has 4 aliphatic carbocycles. The molecule has 0 aliphatic heterocycles. The Hall–Kier alpha value is -0.813. The molecule has 2 unspecified atom stereocenters. The molecule has 192 valence electrons. The van der Waals surface area contributed by atoms with Gasteiger partial charge in [-0.05, 0) is 86.4 Å². The molecule has 0 heterocycles. The van der Waals surface area contributed by atoms with E-state index in [1.165, 1.54) is 5.57 Å². The lowest BCUT2D eigenvalue weighted by molar-refractivity contribution is -0.138. The van der Waals surface area contributed by atoms with Crippen molar-refractivity contribution < 1.29 is 18.4 Å². The average Bonchev–Trinajstić information content (AvgIpc) is 3.03. The first-order valence-corrected chi connectivity index (χ1v) is 16.8. The Morgan fingerprint density at radius 3 is 2.53 bits per heavy atom. The molecule has 34 heavy (non-hydrogen) atoms. The van der Waals surface area contributed by atoms with Crippen LogP contribution in [0.15, 0.2) is 11.6 Å². The van der Waals surface area contributed by atoms with Crippen molar-refractivity contribution in [2.45, 2.75) is 116 Å². The first-order valence-electron chi connectivity index (χ1n) is 13.9. The fourth-order valence-electron chi connectivity index (χ4n) is 7.68. The summed E-state index contributed by atoms with van der Waals surface area (Å²) in [6.07, 6.45) is 9.60. The second-order valence-electron chi connectivity index (χ2n) is 13.6. The van der Waals surface area contributed by atoms with Crippen molar-refractivity contribution in [3.63, 3.8) is 0 Å². The average molecular weight is 491 g/mol. The quantitative estimate of drug-likeness (QED) is 0.275. The van der Waals surface area contributed by atoms with E-state index in [1.807, 2.05) is 6.08 Å². The fraction of sp³-hybridized carbons (Fsp3) is 0.862. The van der Waals surface area contributed by atoms with Crippen molar-refractivity contribution >= 4 is 19.9 Å². The van der Waals surface area contributed by atoms with E-state index in [0.29, 0.717) is 42.8 Å². The fourth-order valence-corrected chi connectivity index (χ4v) is 8.76. The molecule has 4 aliphatic rings. The Kier molecular flexibility index (Phi) is 7.39. The number of fused-ring (bicyclic) bond motifs is 5. The summed E-state index contributed by atoms with van der Waals surface area (Å²) in [6, 6.07) is 0. The first-order chi connectivity index (χ1) is 15.8. The van der Waals surface area contributed by atoms with Gasteiger partial charge in [0.1, 0.15) is 12.0 Å². The maximum Gasteiger partial charge on any atom is 0.191 e. The van der Waals surface area contributed by atoms with Crippen molar-refractivity contribution in [2.24, 2.45) is 35.0 Å². The van der Waals surface area contributed by atoms with Crippen molar-refractivity contribution in [3.8, 4) is 0 Å². The van der Waals surface area contributed by atoms with Gasteiger partial charge in [0, 0.05) is 30.8 Å². The van der Waals surface area contributed by atoms with Crippen LogP contribution in [0.2, 0.25) is 18.1 Å². The van der Waals surface area contributed by atoms with Crippen LogP contribution in [-0.4, -0.2) is 32.7 Å². The zero-order valence-electron chi connectivity index (χ0n) is 22.4. The molecule has 3 saturated carbocycles. The van der Waals surface area contributed by atoms with E-state index in [-0.39, 0.29) is 22.7 Å². The third-order valence-corrected chi connectivity index (χ3v) is 15.1. The zero-order chi connectivity index (χ0) is 24.9. The molecule has 0 radical (unpaired) electrons. The minimum absolute atomic E-state index is 0.00370. The lowest BCUT2D eigenvalue weighted by atomic mass is 9.48. The van der Waals surface area contributed by atoms with Crippen LogP contribution >= 0.6 is 0 Å². The number of Topliss-reactive ketones (excluding diaryl/α,β-unsaturated/α-hetero) is 1. The summed E-state index contributed by atoms with van der Waals surface area (Å²) in [4.78, 5) is 25.0. The topological polar surface area (TPSA) is 43.4 Å². The van der Waals surface area contributed by atoms with Gasteiger partial charge in [0.2, 0.25) is 0 Å². The van der Waals surface area contributed by atoms with E-state index in [9.17, 15) is 9.59 Å². The Labute approximate surface area is 207 Å². The highest BCUT2D eigenvalue weighted by molar-refractivity contribution is 6.74. The highest BCUT2D eigenvalue weighted by Crippen LogP contribution is 2.63. The Bertz CT molecular complexity index is 828. The van der Waals surface area contributed by atoms with Gasteiger partial charge in [0.25, 0.3) is 0 Å². The number of hydrogen-bond acceptors (Lipinski definition) is 3. The molecular weight excluding hydrogens is 443 g/mol. The molecular formula is C29H47FO3Si. The Morgan fingerprint density at radius 2 is 1.82 bits per heavy atom. The Morgan fingerprint density at radius 1 is 1.09 bits per heavy atom. The molecule has 3 fully saturated rings. The maximum atomic E-state index is 15.8. The molecule has 0 amide bonds. The van der Waals surface area contributed by atoms with Crippen molar-refractivity contribution in [1.29, 1.82) is 0 Å². The molecule has 0 aromatic rings. The molecule has 0 bridgehead atoms. The van der Waals surface area contributed by atoms with E-state index in [1.54, 1.807) is 0 Å². The van der Waals surface area contributed by atoms with Gasteiger partial charge < -0.3 is 4.43 Å². The second-order valence-corrected chi connectivity index (χ2v) is 18.4. The number of hydrogen-bond donors (Lipinski definition) is 0. The number of alkyl halides is 1. The van der Waals surface area contributed by atoms with Gasteiger partial charge >= 0.3 is 0 Å². The van der Waals surface area contributed by atoms with Crippen molar-refractivity contribution in [2.75, 3.05) is 6.61 Å². The summed E-state index contributed by atoms with van der Waals surface area (Å²) in [5.74, 6) is 1.74. The van der Waals surface area contributed by atoms with E-state index in [4.69, 9.17) is 4.43 Å². The van der Waals surface area contributed by atoms with Crippen LogP contribution < -0.4 is 0 Å².